The van der Waals surface area contributed by atoms with E-state index in [9.17, 15) is 9.90 Å². The van der Waals surface area contributed by atoms with Crippen molar-refractivity contribution in [2.75, 3.05) is 11.9 Å². The van der Waals surface area contributed by atoms with Crippen molar-refractivity contribution in [1.82, 2.24) is 4.90 Å². The molecule has 2 bridgehead atoms. The Morgan fingerprint density at radius 1 is 1.25 bits per heavy atom. The summed E-state index contributed by atoms with van der Waals surface area (Å²) in [6, 6.07) is 6.49. The van der Waals surface area contributed by atoms with E-state index in [1.54, 1.807) is 0 Å². The summed E-state index contributed by atoms with van der Waals surface area (Å²) in [6.45, 7) is 0.966. The molecule has 4 nitrogen and oxygen atoms in total. The summed E-state index contributed by atoms with van der Waals surface area (Å²) in [6.07, 6.45) is 4.38. The van der Waals surface area contributed by atoms with Gasteiger partial charge in [-0.1, -0.05) is 6.07 Å². The molecule has 4 rings (SSSR count). The van der Waals surface area contributed by atoms with Gasteiger partial charge in [-0.3, -0.25) is 4.79 Å². The van der Waals surface area contributed by atoms with Crippen LogP contribution in [0.5, 0.6) is 0 Å². The van der Waals surface area contributed by atoms with E-state index in [2.05, 4.69) is 11.4 Å². The lowest BCUT2D eigenvalue weighted by Gasteiger charge is -2.37. The molecule has 1 aromatic carbocycles. The second-order valence-electron chi connectivity index (χ2n) is 6.27. The first-order valence-electron chi connectivity index (χ1n) is 7.60. The summed E-state index contributed by atoms with van der Waals surface area (Å²) in [5.74, 6) is 0.140. The lowest BCUT2D eigenvalue weighted by Crippen LogP contribution is -2.48. The van der Waals surface area contributed by atoms with Crippen LogP contribution in [0.3, 0.4) is 0 Å². The van der Waals surface area contributed by atoms with E-state index in [0.29, 0.717) is 0 Å². The first kappa shape index (κ1) is 12.2. The smallest absolute Gasteiger partial charge is 0.254 e. The number of fused-ring (bicyclic) bond motifs is 3. The minimum atomic E-state index is -0.224. The summed E-state index contributed by atoms with van der Waals surface area (Å²) in [4.78, 5) is 14.8. The summed E-state index contributed by atoms with van der Waals surface area (Å²) < 4.78 is 0. The second kappa shape index (κ2) is 4.48. The average Bonchev–Trinajstić information content (AvgIpc) is 3.00. The maximum atomic E-state index is 12.8. The number of anilines is 1. The molecule has 20 heavy (non-hydrogen) atoms. The van der Waals surface area contributed by atoms with Crippen molar-refractivity contribution in [2.45, 2.75) is 50.3 Å². The summed E-state index contributed by atoms with van der Waals surface area (Å²) in [5, 5.41) is 13.2. The Morgan fingerprint density at radius 3 is 2.75 bits per heavy atom. The van der Waals surface area contributed by atoms with Crippen LogP contribution >= 0.6 is 0 Å². The van der Waals surface area contributed by atoms with Crippen molar-refractivity contribution < 1.29 is 9.90 Å². The largest absolute Gasteiger partial charge is 0.393 e. The van der Waals surface area contributed by atoms with Crippen LogP contribution < -0.4 is 5.32 Å². The molecule has 2 atom stereocenters. The van der Waals surface area contributed by atoms with Crippen molar-refractivity contribution in [1.29, 1.82) is 0 Å². The summed E-state index contributed by atoms with van der Waals surface area (Å²) >= 11 is 0. The number of hydrogen-bond acceptors (Lipinski definition) is 3. The highest BCUT2D eigenvalue weighted by molar-refractivity contribution is 5.96. The lowest BCUT2D eigenvalue weighted by molar-refractivity contribution is 0.0287. The van der Waals surface area contributed by atoms with Crippen LogP contribution in [0.25, 0.3) is 0 Å². The standard InChI is InChI=1S/C16H20N2O2/c19-14-8-12-3-4-13(9-14)18(12)16(20)11-2-1-10-5-6-17-15(10)7-11/h1-2,7,12-14,17,19H,3-6,8-9H2. The van der Waals surface area contributed by atoms with Crippen LogP contribution in [0.4, 0.5) is 5.69 Å². The van der Waals surface area contributed by atoms with Gasteiger partial charge < -0.3 is 15.3 Å². The van der Waals surface area contributed by atoms with Crippen LogP contribution in [-0.4, -0.2) is 40.6 Å². The van der Waals surface area contributed by atoms with E-state index in [1.807, 2.05) is 17.0 Å². The molecule has 2 saturated heterocycles. The van der Waals surface area contributed by atoms with Gasteiger partial charge in [-0.2, -0.15) is 0 Å². The van der Waals surface area contributed by atoms with E-state index >= 15 is 0 Å². The van der Waals surface area contributed by atoms with E-state index in [1.165, 1.54) is 5.56 Å². The maximum Gasteiger partial charge on any atom is 0.254 e. The topological polar surface area (TPSA) is 52.6 Å². The monoisotopic (exact) mass is 272 g/mol. The van der Waals surface area contributed by atoms with Gasteiger partial charge in [0.2, 0.25) is 0 Å². The molecule has 3 aliphatic rings. The third-order valence-corrected chi connectivity index (χ3v) is 5.01. The number of carbonyl (C=O) groups excluding carboxylic acids is 1. The highest BCUT2D eigenvalue weighted by atomic mass is 16.3. The van der Waals surface area contributed by atoms with Crippen molar-refractivity contribution in [3.05, 3.63) is 29.3 Å². The molecule has 2 fully saturated rings. The Kier molecular flexibility index (Phi) is 2.74. The number of carbonyl (C=O) groups is 1. The van der Waals surface area contributed by atoms with Crippen LogP contribution in [-0.2, 0) is 6.42 Å². The first-order chi connectivity index (χ1) is 9.72. The molecule has 3 heterocycles. The van der Waals surface area contributed by atoms with Gasteiger partial charge in [0.1, 0.15) is 0 Å². The predicted molar refractivity (Wildman–Crippen MR) is 76.9 cm³/mol. The van der Waals surface area contributed by atoms with Crippen LogP contribution in [0.2, 0.25) is 0 Å². The number of nitrogens with one attached hydrogen (secondary N) is 1. The highest BCUT2D eigenvalue weighted by Crippen LogP contribution is 2.37. The van der Waals surface area contributed by atoms with Gasteiger partial charge in [-0.15, -0.1) is 0 Å². The van der Waals surface area contributed by atoms with E-state index < -0.39 is 0 Å². The van der Waals surface area contributed by atoms with Crippen LogP contribution in [0.15, 0.2) is 18.2 Å². The van der Waals surface area contributed by atoms with E-state index in [4.69, 9.17) is 0 Å². The Labute approximate surface area is 118 Å². The molecule has 0 radical (unpaired) electrons. The van der Waals surface area contributed by atoms with Crippen molar-refractivity contribution in [2.24, 2.45) is 0 Å². The zero-order chi connectivity index (χ0) is 13.7. The number of hydrogen-bond donors (Lipinski definition) is 2. The van der Waals surface area contributed by atoms with Crippen LogP contribution in [0, 0.1) is 0 Å². The van der Waals surface area contributed by atoms with Gasteiger partial charge in [-0.05, 0) is 49.8 Å². The fourth-order valence-corrected chi connectivity index (χ4v) is 4.05. The van der Waals surface area contributed by atoms with E-state index in [0.717, 1.165) is 49.9 Å². The SMILES string of the molecule is O=C(c1ccc2c(c1)NCC2)N1C2CCC1CC(O)C2. The molecule has 2 unspecified atom stereocenters. The molecule has 1 aromatic rings. The minimum Gasteiger partial charge on any atom is -0.393 e. The molecule has 0 aromatic heterocycles. The Hall–Kier alpha value is -1.55. The van der Waals surface area contributed by atoms with Gasteiger partial charge >= 0.3 is 0 Å². The number of nitrogens with zero attached hydrogens (tertiary/aromatic N) is 1. The third-order valence-electron chi connectivity index (χ3n) is 5.01. The van der Waals surface area contributed by atoms with Crippen molar-refractivity contribution in [3.8, 4) is 0 Å². The molecule has 106 valence electrons. The average molecular weight is 272 g/mol. The van der Waals surface area contributed by atoms with Crippen LogP contribution in [0.1, 0.15) is 41.6 Å². The van der Waals surface area contributed by atoms with Gasteiger partial charge in [0.05, 0.1) is 6.10 Å². The number of amides is 1. The minimum absolute atomic E-state index is 0.140. The normalized spacial score (nSPS) is 31.1. The summed E-state index contributed by atoms with van der Waals surface area (Å²) in [7, 11) is 0. The highest BCUT2D eigenvalue weighted by Gasteiger charge is 2.42. The molecule has 0 aliphatic carbocycles. The molecule has 0 saturated carbocycles. The van der Waals surface area contributed by atoms with Gasteiger partial charge in [0.15, 0.2) is 0 Å². The Bertz CT molecular complexity index is 543. The van der Waals surface area contributed by atoms with Gasteiger partial charge in [0, 0.05) is 29.9 Å². The molecule has 2 N–H and O–H groups in total. The van der Waals surface area contributed by atoms with Gasteiger partial charge in [0.25, 0.3) is 5.91 Å². The van der Waals surface area contributed by atoms with Crippen molar-refractivity contribution in [3.63, 3.8) is 0 Å². The molecular weight excluding hydrogens is 252 g/mol. The zero-order valence-electron chi connectivity index (χ0n) is 11.5. The number of rotatable bonds is 1. The molecular formula is C16H20N2O2. The fraction of sp³-hybridized carbons (Fsp3) is 0.562. The van der Waals surface area contributed by atoms with Gasteiger partial charge in [-0.25, -0.2) is 0 Å². The zero-order valence-corrected chi connectivity index (χ0v) is 11.5. The fourth-order valence-electron chi connectivity index (χ4n) is 4.05. The van der Waals surface area contributed by atoms with E-state index in [-0.39, 0.29) is 24.1 Å². The number of piperidine rings is 1. The molecule has 0 spiro atoms. The molecule has 4 heteroatoms. The van der Waals surface area contributed by atoms with Crippen molar-refractivity contribution >= 4 is 11.6 Å². The number of aliphatic hydroxyl groups is 1. The second-order valence-corrected chi connectivity index (χ2v) is 6.27. The lowest BCUT2D eigenvalue weighted by atomic mass is 9.98. The predicted octanol–water partition coefficient (Wildman–Crippen LogP) is 1.78. The molecule has 1 amide bonds. The summed E-state index contributed by atoms with van der Waals surface area (Å²) in [5.41, 5.74) is 3.20. The third kappa shape index (κ3) is 1.82. The molecule has 3 aliphatic heterocycles. The maximum absolute atomic E-state index is 12.8. The number of benzene rings is 1. The Balaban J connectivity index is 1.61. The Morgan fingerprint density at radius 2 is 2.00 bits per heavy atom. The first-order valence-corrected chi connectivity index (χ1v) is 7.60. The quantitative estimate of drug-likeness (QED) is 0.819. The number of aliphatic hydroxyl groups excluding tert-OH is 1.